The fraction of sp³-hybridized carbons (Fsp3) is 0.107. The smallest absolute Gasteiger partial charge is 0.291 e. The molecule has 0 fully saturated rings. The van der Waals surface area contributed by atoms with E-state index in [0.717, 1.165) is 17.7 Å². The molecule has 35 heavy (non-hydrogen) atoms. The van der Waals surface area contributed by atoms with Gasteiger partial charge in [0.05, 0.1) is 6.26 Å². The zero-order valence-corrected chi connectivity index (χ0v) is 19.1. The Kier molecular flexibility index (Phi) is 5.89. The van der Waals surface area contributed by atoms with E-state index >= 15 is 0 Å². The highest BCUT2D eigenvalue weighted by atomic mass is 16.3. The van der Waals surface area contributed by atoms with E-state index in [-0.39, 0.29) is 17.6 Å². The molecule has 2 heterocycles. The fourth-order valence-corrected chi connectivity index (χ4v) is 4.09. The molecule has 1 aliphatic rings. The van der Waals surface area contributed by atoms with Gasteiger partial charge in [0, 0.05) is 34.7 Å². The summed E-state index contributed by atoms with van der Waals surface area (Å²) in [5, 5.41) is 5.61. The molecule has 0 aliphatic carbocycles. The molecule has 0 atom stereocenters. The van der Waals surface area contributed by atoms with Gasteiger partial charge in [0.25, 0.3) is 17.7 Å². The summed E-state index contributed by atoms with van der Waals surface area (Å²) in [7, 11) is 0. The molecule has 7 heteroatoms. The summed E-state index contributed by atoms with van der Waals surface area (Å²) in [6, 6.07) is 23.0. The van der Waals surface area contributed by atoms with E-state index in [0.29, 0.717) is 29.0 Å². The highest BCUT2D eigenvalue weighted by Crippen LogP contribution is 2.29. The van der Waals surface area contributed by atoms with Crippen LogP contribution in [-0.2, 0) is 6.42 Å². The molecule has 0 saturated heterocycles. The largest absolute Gasteiger partial charge is 0.459 e. The number of nitrogens with one attached hydrogen (secondary N) is 2. The second-order valence-corrected chi connectivity index (χ2v) is 8.33. The van der Waals surface area contributed by atoms with Crippen molar-refractivity contribution in [3.8, 4) is 0 Å². The van der Waals surface area contributed by atoms with Crippen molar-refractivity contribution in [1.82, 2.24) is 0 Å². The second-order valence-electron chi connectivity index (χ2n) is 8.33. The number of benzene rings is 3. The molecule has 4 aromatic rings. The Bertz CT molecular complexity index is 1410. The zero-order valence-electron chi connectivity index (χ0n) is 19.1. The molecule has 7 nitrogen and oxygen atoms in total. The van der Waals surface area contributed by atoms with E-state index in [4.69, 9.17) is 4.42 Å². The van der Waals surface area contributed by atoms with Crippen LogP contribution in [0.4, 0.5) is 17.1 Å². The lowest BCUT2D eigenvalue weighted by molar-refractivity contribution is 0.0984. The molecule has 2 N–H and O–H groups in total. The number of aryl methyl sites for hydroxylation is 1. The van der Waals surface area contributed by atoms with Crippen molar-refractivity contribution in [2.24, 2.45) is 0 Å². The van der Waals surface area contributed by atoms with E-state index in [1.54, 1.807) is 59.5 Å². The van der Waals surface area contributed by atoms with Gasteiger partial charge in [-0.1, -0.05) is 24.3 Å². The third kappa shape index (κ3) is 4.56. The number of para-hydroxylation sites is 1. The summed E-state index contributed by atoms with van der Waals surface area (Å²) in [5.41, 5.74) is 4.96. The Hall–Kier alpha value is -4.65. The van der Waals surface area contributed by atoms with Gasteiger partial charge in [-0.15, -0.1) is 0 Å². The highest BCUT2D eigenvalue weighted by molar-refractivity contribution is 6.09. The summed E-state index contributed by atoms with van der Waals surface area (Å²) in [6.45, 7) is 2.50. The van der Waals surface area contributed by atoms with E-state index in [1.807, 2.05) is 31.2 Å². The summed E-state index contributed by atoms with van der Waals surface area (Å²) in [6.07, 6.45) is 2.27. The number of anilines is 3. The van der Waals surface area contributed by atoms with Crippen LogP contribution in [0.2, 0.25) is 0 Å². The van der Waals surface area contributed by atoms with Crippen molar-refractivity contribution >= 4 is 34.8 Å². The SMILES string of the molecule is Cc1ccc(C(=O)Nc2ccc(C(=O)N3CCc4ccccc43)cc2)cc1NC(=O)c1ccco1. The number of nitrogens with zero attached hydrogens (tertiary/aromatic N) is 1. The molecule has 0 spiro atoms. The molecular weight excluding hydrogens is 442 g/mol. The predicted molar refractivity (Wildman–Crippen MR) is 134 cm³/mol. The van der Waals surface area contributed by atoms with Crippen molar-refractivity contribution in [2.45, 2.75) is 13.3 Å². The third-order valence-electron chi connectivity index (χ3n) is 6.01. The minimum atomic E-state index is -0.392. The molecule has 3 aromatic carbocycles. The van der Waals surface area contributed by atoms with Crippen LogP contribution < -0.4 is 15.5 Å². The highest BCUT2D eigenvalue weighted by Gasteiger charge is 2.25. The Labute approximate surface area is 202 Å². The Morgan fingerprint density at radius 3 is 2.37 bits per heavy atom. The monoisotopic (exact) mass is 465 g/mol. The summed E-state index contributed by atoms with van der Waals surface area (Å²) in [4.78, 5) is 39.9. The number of furan rings is 1. The van der Waals surface area contributed by atoms with Crippen LogP contribution in [0.3, 0.4) is 0 Å². The Morgan fingerprint density at radius 2 is 1.60 bits per heavy atom. The van der Waals surface area contributed by atoms with Crippen molar-refractivity contribution in [2.75, 3.05) is 22.1 Å². The van der Waals surface area contributed by atoms with Gasteiger partial charge in [-0.05, 0) is 79.1 Å². The van der Waals surface area contributed by atoms with Gasteiger partial charge in [-0.2, -0.15) is 0 Å². The fourth-order valence-electron chi connectivity index (χ4n) is 4.09. The molecule has 0 bridgehead atoms. The maximum atomic E-state index is 13.0. The maximum Gasteiger partial charge on any atom is 0.291 e. The van der Waals surface area contributed by atoms with Gasteiger partial charge >= 0.3 is 0 Å². The number of carbonyl (C=O) groups is 3. The third-order valence-corrected chi connectivity index (χ3v) is 6.01. The van der Waals surface area contributed by atoms with Gasteiger partial charge in [-0.3, -0.25) is 14.4 Å². The number of amides is 3. The Balaban J connectivity index is 1.27. The molecule has 5 rings (SSSR count). The number of fused-ring (bicyclic) bond motifs is 1. The first-order valence-corrected chi connectivity index (χ1v) is 11.3. The van der Waals surface area contributed by atoms with Crippen molar-refractivity contribution in [3.63, 3.8) is 0 Å². The molecule has 0 saturated carbocycles. The quantitative estimate of drug-likeness (QED) is 0.419. The number of hydrogen-bond acceptors (Lipinski definition) is 4. The van der Waals surface area contributed by atoms with Crippen LogP contribution in [-0.4, -0.2) is 24.3 Å². The minimum absolute atomic E-state index is 0.0664. The molecule has 1 aliphatic heterocycles. The molecule has 0 radical (unpaired) electrons. The Morgan fingerprint density at radius 1 is 0.829 bits per heavy atom. The minimum Gasteiger partial charge on any atom is -0.459 e. The van der Waals surface area contributed by atoms with Gasteiger partial charge in [0.1, 0.15) is 0 Å². The molecule has 0 unspecified atom stereocenters. The van der Waals surface area contributed by atoms with Crippen molar-refractivity contribution in [1.29, 1.82) is 0 Å². The zero-order chi connectivity index (χ0) is 24.4. The number of carbonyl (C=O) groups excluding carboxylic acids is 3. The lowest BCUT2D eigenvalue weighted by Crippen LogP contribution is -2.28. The first kappa shape index (κ1) is 22.2. The first-order chi connectivity index (χ1) is 17.0. The van der Waals surface area contributed by atoms with E-state index in [1.165, 1.54) is 11.8 Å². The normalized spacial score (nSPS) is 12.2. The lowest BCUT2D eigenvalue weighted by Gasteiger charge is -2.17. The van der Waals surface area contributed by atoms with Crippen LogP contribution in [0.25, 0.3) is 0 Å². The van der Waals surface area contributed by atoms with Gasteiger partial charge < -0.3 is 20.0 Å². The second kappa shape index (κ2) is 9.30. The average Bonchev–Trinajstić information content (AvgIpc) is 3.56. The summed E-state index contributed by atoms with van der Waals surface area (Å²) in [5.74, 6) is -0.600. The average molecular weight is 466 g/mol. The van der Waals surface area contributed by atoms with Crippen molar-refractivity contribution < 1.29 is 18.8 Å². The van der Waals surface area contributed by atoms with E-state index < -0.39 is 5.91 Å². The number of rotatable bonds is 5. The first-order valence-electron chi connectivity index (χ1n) is 11.3. The lowest BCUT2D eigenvalue weighted by atomic mass is 10.1. The molecular formula is C28H23N3O4. The van der Waals surface area contributed by atoms with Crippen LogP contribution in [0.1, 0.15) is 42.4 Å². The molecule has 174 valence electrons. The molecule has 3 amide bonds. The summed E-state index contributed by atoms with van der Waals surface area (Å²) < 4.78 is 5.12. The van der Waals surface area contributed by atoms with E-state index in [9.17, 15) is 14.4 Å². The van der Waals surface area contributed by atoms with Gasteiger partial charge in [0.2, 0.25) is 0 Å². The van der Waals surface area contributed by atoms with Crippen molar-refractivity contribution in [3.05, 3.63) is 113 Å². The van der Waals surface area contributed by atoms with Crippen LogP contribution in [0.15, 0.2) is 89.5 Å². The predicted octanol–water partition coefficient (Wildman–Crippen LogP) is 5.30. The number of hydrogen-bond donors (Lipinski definition) is 2. The standard InChI is InChI=1S/C28H23N3O4/c1-18-8-9-21(17-23(18)30-27(33)25-7-4-16-35-25)26(32)29-22-12-10-20(11-13-22)28(34)31-15-14-19-5-2-3-6-24(19)31/h2-13,16-17H,14-15H2,1H3,(H,29,32)(H,30,33). The van der Waals surface area contributed by atoms with Crippen LogP contribution in [0, 0.1) is 6.92 Å². The summed E-state index contributed by atoms with van der Waals surface area (Å²) >= 11 is 0. The van der Waals surface area contributed by atoms with Crippen LogP contribution in [0.5, 0.6) is 0 Å². The molecule has 1 aromatic heterocycles. The van der Waals surface area contributed by atoms with Crippen LogP contribution >= 0.6 is 0 Å². The maximum absolute atomic E-state index is 13.0. The van der Waals surface area contributed by atoms with Gasteiger partial charge in [-0.25, -0.2) is 0 Å². The van der Waals surface area contributed by atoms with E-state index in [2.05, 4.69) is 10.6 Å². The van der Waals surface area contributed by atoms with Gasteiger partial charge in [0.15, 0.2) is 5.76 Å². The topological polar surface area (TPSA) is 91.7 Å².